The van der Waals surface area contributed by atoms with Gasteiger partial charge in [-0.25, -0.2) is 4.98 Å². The molecule has 3 heterocycles. The number of ether oxygens (including phenoxy) is 1. The van der Waals surface area contributed by atoms with Crippen LogP contribution in [0.25, 0.3) is 61.5 Å². The normalized spacial score (nSPS) is 16.6. The summed E-state index contributed by atoms with van der Waals surface area (Å²) in [4.78, 5) is 8.05. The zero-order valence-corrected chi connectivity index (χ0v) is 36.8. The first kappa shape index (κ1) is 37.9. The van der Waals surface area contributed by atoms with E-state index in [2.05, 4.69) is 247 Å². The maximum atomic E-state index is 6.91. The summed E-state index contributed by atoms with van der Waals surface area (Å²) in [6.07, 6.45) is 4.63. The Labute approximate surface area is 390 Å². The van der Waals surface area contributed by atoms with Gasteiger partial charge in [-0.05, 0) is 99.5 Å². The largest absolute Gasteiger partial charge is 0.459 e. The first-order valence-electron chi connectivity index (χ1n) is 23.3. The van der Waals surface area contributed by atoms with E-state index in [0.717, 1.165) is 62.3 Å². The third-order valence-electron chi connectivity index (χ3n) is 14.7. The van der Waals surface area contributed by atoms with Crippen LogP contribution in [0.2, 0.25) is 0 Å². The molecule has 14 rings (SSSR count). The highest BCUT2D eigenvalue weighted by atomic mass is 16.5. The van der Waals surface area contributed by atoms with Crippen LogP contribution in [-0.2, 0) is 5.41 Å². The number of benzene rings is 8. The molecule has 8 aromatic carbocycles. The molecule has 0 bridgehead atoms. The number of aromatic nitrogens is 2. The first-order valence-corrected chi connectivity index (χ1v) is 23.3. The molecule has 4 heteroatoms. The van der Waals surface area contributed by atoms with Crippen LogP contribution >= 0.6 is 0 Å². The lowest BCUT2D eigenvalue weighted by molar-refractivity contribution is 0.397. The molecule has 0 N–H and O–H groups in total. The molecular formula is C63H43N3O. The number of hydrogen-bond acceptors (Lipinski definition) is 3. The molecule has 1 aliphatic heterocycles. The van der Waals surface area contributed by atoms with E-state index in [1.54, 1.807) is 0 Å². The smallest absolute Gasteiger partial charge is 0.138 e. The number of para-hydroxylation sites is 2. The zero-order chi connectivity index (χ0) is 44.2. The average molecular weight is 858 g/mol. The molecule has 0 saturated heterocycles. The standard InChI is InChI=1S/C63H43N3O/c1-40-33-35-56(62-59(40)49-28-14-18-32-57(49)67-62)65(44-23-9-4-10-24-44)45-34-36-55-50(39-45)60-61(66(55)58-38-43(41-19-5-2-6-20-41)37-54(64-58)42-21-7-3-8-22-42)48-27-13-17-31-53(48)63(60)51-29-15-11-25-46(51)47-26-12-16-30-52(47)63/h2-40,59H,1H3. The van der Waals surface area contributed by atoms with Gasteiger partial charge in [-0.15, -0.1) is 0 Å². The Morgan fingerprint density at radius 3 is 1.85 bits per heavy atom. The molecule has 2 atom stereocenters. The summed E-state index contributed by atoms with van der Waals surface area (Å²) in [5.41, 5.74) is 19.3. The predicted octanol–water partition coefficient (Wildman–Crippen LogP) is 15.4. The molecule has 0 fully saturated rings. The monoisotopic (exact) mass is 857 g/mol. The van der Waals surface area contributed by atoms with Gasteiger partial charge in [0, 0.05) is 39.0 Å². The fourth-order valence-electron chi connectivity index (χ4n) is 11.9. The summed E-state index contributed by atoms with van der Waals surface area (Å²) in [5.74, 6) is 3.19. The van der Waals surface area contributed by atoms with Gasteiger partial charge in [0.1, 0.15) is 17.3 Å². The highest BCUT2D eigenvalue weighted by molar-refractivity contribution is 6.06. The van der Waals surface area contributed by atoms with Crippen LogP contribution in [-0.4, -0.2) is 9.55 Å². The van der Waals surface area contributed by atoms with Crippen LogP contribution in [0.1, 0.15) is 40.7 Å². The van der Waals surface area contributed by atoms with Crippen molar-refractivity contribution in [2.24, 2.45) is 5.92 Å². The Morgan fingerprint density at radius 1 is 0.537 bits per heavy atom. The summed E-state index contributed by atoms with van der Waals surface area (Å²) in [7, 11) is 0. The average Bonchev–Trinajstić information content (AvgIpc) is 4.12. The van der Waals surface area contributed by atoms with Gasteiger partial charge in [0.25, 0.3) is 0 Å². The van der Waals surface area contributed by atoms with Crippen molar-refractivity contribution in [3.8, 4) is 56.3 Å². The maximum absolute atomic E-state index is 6.91. The molecule has 316 valence electrons. The lowest BCUT2D eigenvalue weighted by Gasteiger charge is -2.33. The first-order chi connectivity index (χ1) is 33.2. The van der Waals surface area contributed by atoms with E-state index in [0.29, 0.717) is 0 Å². The topological polar surface area (TPSA) is 30.3 Å². The summed E-state index contributed by atoms with van der Waals surface area (Å²) in [6, 6.07) is 79.4. The SMILES string of the molecule is CC1C=CC(N(c2ccccc2)c2ccc3c(c2)c2c(n3-c3cc(-c4ccccc4)cc(-c4ccccc4)n3)-c3ccccc3C23c2ccccc2-c2ccccc23)=C2Oc3ccccc3C21. The summed E-state index contributed by atoms with van der Waals surface area (Å²) < 4.78 is 9.37. The van der Waals surface area contributed by atoms with Crippen molar-refractivity contribution >= 4 is 22.3 Å². The lowest BCUT2D eigenvalue weighted by Crippen LogP contribution is -2.26. The van der Waals surface area contributed by atoms with E-state index in [-0.39, 0.29) is 11.8 Å². The highest BCUT2D eigenvalue weighted by Crippen LogP contribution is 2.65. The van der Waals surface area contributed by atoms with Crippen LogP contribution < -0.4 is 9.64 Å². The van der Waals surface area contributed by atoms with E-state index >= 15 is 0 Å². The van der Waals surface area contributed by atoms with Crippen molar-refractivity contribution in [1.29, 1.82) is 0 Å². The Bertz CT molecular complexity index is 3590. The summed E-state index contributed by atoms with van der Waals surface area (Å²) in [6.45, 7) is 2.30. The second kappa shape index (κ2) is 14.5. The molecule has 2 aromatic heterocycles. The van der Waals surface area contributed by atoms with E-state index in [9.17, 15) is 0 Å². The van der Waals surface area contributed by atoms with Gasteiger partial charge < -0.3 is 9.64 Å². The molecule has 0 saturated carbocycles. The van der Waals surface area contributed by atoms with Crippen LogP contribution in [0.15, 0.2) is 242 Å². The minimum atomic E-state index is -0.596. The third-order valence-corrected chi connectivity index (χ3v) is 14.7. The fourth-order valence-corrected chi connectivity index (χ4v) is 11.9. The van der Waals surface area contributed by atoms with Gasteiger partial charge in [-0.1, -0.05) is 183 Å². The molecule has 0 amide bonds. The third kappa shape index (κ3) is 5.38. The van der Waals surface area contributed by atoms with Crippen molar-refractivity contribution in [1.82, 2.24) is 9.55 Å². The number of allylic oxidation sites excluding steroid dienone is 3. The van der Waals surface area contributed by atoms with Gasteiger partial charge in [-0.3, -0.25) is 4.57 Å². The quantitative estimate of drug-likeness (QED) is 0.167. The van der Waals surface area contributed by atoms with Crippen LogP contribution in [0.5, 0.6) is 5.75 Å². The van der Waals surface area contributed by atoms with Crippen molar-refractivity contribution in [2.45, 2.75) is 18.3 Å². The summed E-state index contributed by atoms with van der Waals surface area (Å²) in [5, 5.41) is 1.18. The Morgan fingerprint density at radius 2 is 1.13 bits per heavy atom. The van der Waals surface area contributed by atoms with E-state index in [1.165, 1.54) is 55.6 Å². The van der Waals surface area contributed by atoms with Crippen molar-refractivity contribution in [3.05, 3.63) is 270 Å². The van der Waals surface area contributed by atoms with Crippen molar-refractivity contribution in [2.75, 3.05) is 4.90 Å². The van der Waals surface area contributed by atoms with E-state index in [4.69, 9.17) is 9.72 Å². The fraction of sp³-hybridized carbons (Fsp3) is 0.0635. The Hall–Kier alpha value is -8.47. The number of nitrogens with zero attached hydrogens (tertiary/aromatic N) is 3. The minimum absolute atomic E-state index is 0.113. The van der Waals surface area contributed by atoms with Crippen molar-refractivity contribution < 1.29 is 4.74 Å². The predicted molar refractivity (Wildman–Crippen MR) is 272 cm³/mol. The number of hydrogen-bond donors (Lipinski definition) is 0. The number of rotatable bonds is 6. The molecular weight excluding hydrogens is 815 g/mol. The van der Waals surface area contributed by atoms with Crippen LogP contribution in [0.3, 0.4) is 0 Å². The zero-order valence-electron chi connectivity index (χ0n) is 36.8. The Kier molecular flexibility index (Phi) is 8.20. The molecule has 10 aromatic rings. The van der Waals surface area contributed by atoms with Gasteiger partial charge >= 0.3 is 0 Å². The minimum Gasteiger partial charge on any atom is -0.459 e. The number of anilines is 2. The second-order valence-corrected chi connectivity index (χ2v) is 18.2. The number of fused-ring (bicyclic) bond motifs is 15. The molecule has 2 unspecified atom stereocenters. The maximum Gasteiger partial charge on any atom is 0.138 e. The number of pyridine rings is 1. The molecule has 0 radical (unpaired) electrons. The van der Waals surface area contributed by atoms with E-state index in [1.807, 2.05) is 0 Å². The molecule has 67 heavy (non-hydrogen) atoms. The van der Waals surface area contributed by atoms with Crippen LogP contribution in [0, 0.1) is 5.92 Å². The Balaban J connectivity index is 1.11. The second-order valence-electron chi connectivity index (χ2n) is 18.2. The highest BCUT2D eigenvalue weighted by Gasteiger charge is 2.54. The van der Waals surface area contributed by atoms with E-state index < -0.39 is 5.41 Å². The molecule has 3 aliphatic carbocycles. The molecule has 4 aliphatic rings. The van der Waals surface area contributed by atoms with Gasteiger partial charge in [0.15, 0.2) is 0 Å². The van der Waals surface area contributed by atoms with Gasteiger partial charge in [0.2, 0.25) is 0 Å². The summed E-state index contributed by atoms with van der Waals surface area (Å²) >= 11 is 0. The molecule has 4 nitrogen and oxygen atoms in total. The lowest BCUT2D eigenvalue weighted by atomic mass is 9.70. The van der Waals surface area contributed by atoms with Crippen LogP contribution in [0.4, 0.5) is 11.4 Å². The van der Waals surface area contributed by atoms with Gasteiger partial charge in [-0.2, -0.15) is 0 Å². The van der Waals surface area contributed by atoms with Gasteiger partial charge in [0.05, 0.1) is 33.9 Å². The van der Waals surface area contributed by atoms with Crippen molar-refractivity contribution in [3.63, 3.8) is 0 Å². The molecule has 1 spiro atoms.